The lowest BCUT2D eigenvalue weighted by molar-refractivity contribution is -0.250. The monoisotopic (exact) mass is 482 g/mol. The van der Waals surface area contributed by atoms with Crippen LogP contribution in [0.15, 0.2) is 97.2 Å². The number of benzene rings is 3. The van der Waals surface area contributed by atoms with Crippen LogP contribution in [0.2, 0.25) is 0 Å². The molecule has 4 aromatic rings. The van der Waals surface area contributed by atoms with Crippen molar-refractivity contribution in [3.05, 3.63) is 114 Å². The summed E-state index contributed by atoms with van der Waals surface area (Å²) in [6, 6.07) is 30.4. The van der Waals surface area contributed by atoms with Gasteiger partial charge in [-0.3, -0.25) is 9.48 Å². The molecule has 36 heavy (non-hydrogen) atoms. The van der Waals surface area contributed by atoms with E-state index in [1.54, 1.807) is 10.9 Å². The van der Waals surface area contributed by atoms with Gasteiger partial charge in [0.1, 0.15) is 23.1 Å². The molecule has 0 atom stereocenters. The van der Waals surface area contributed by atoms with Gasteiger partial charge in [-0.25, -0.2) is 0 Å². The molecule has 0 aliphatic carbocycles. The molecule has 0 spiro atoms. The second-order valence-electron chi connectivity index (χ2n) is 8.37. The Morgan fingerprint density at radius 2 is 1.36 bits per heavy atom. The fourth-order valence-electron chi connectivity index (χ4n) is 4.29. The van der Waals surface area contributed by atoms with Crippen LogP contribution in [0.4, 0.5) is 16.3 Å². The topological polar surface area (TPSA) is 111 Å². The summed E-state index contributed by atoms with van der Waals surface area (Å²) in [5.74, 6) is 0.392. The number of aryl methyl sites for hydroxylation is 1. The molecule has 184 valence electrons. The number of anilines is 2. The molecule has 8 heteroatoms. The lowest BCUT2D eigenvalue weighted by Gasteiger charge is -2.38. The van der Waals surface area contributed by atoms with Gasteiger partial charge < -0.3 is 25.9 Å². The highest BCUT2D eigenvalue weighted by atomic mass is 16.4. The maximum atomic E-state index is 12.6. The molecule has 1 aromatic heterocycles. The first-order valence-corrected chi connectivity index (χ1v) is 11.7. The molecule has 0 aliphatic heterocycles. The van der Waals surface area contributed by atoms with E-state index in [4.69, 9.17) is 0 Å². The number of carbonyl (C=O) groups excluding carboxylic acids is 2. The summed E-state index contributed by atoms with van der Waals surface area (Å²) < 4.78 is 1.69. The first-order valence-electron chi connectivity index (χ1n) is 11.7. The van der Waals surface area contributed by atoms with Crippen molar-refractivity contribution >= 4 is 23.5 Å². The van der Waals surface area contributed by atoms with Crippen LogP contribution < -0.4 is 21.1 Å². The van der Waals surface area contributed by atoms with Gasteiger partial charge in [0.25, 0.3) is 0 Å². The minimum Gasteiger partial charge on any atom is -0.530 e. The van der Waals surface area contributed by atoms with Gasteiger partial charge in [0.2, 0.25) is 5.91 Å². The molecule has 0 aliphatic rings. The largest absolute Gasteiger partial charge is 0.530 e. The summed E-state index contributed by atoms with van der Waals surface area (Å²) in [5, 5.41) is 23.7. The predicted octanol–water partition coefficient (Wildman–Crippen LogP) is 3.48. The van der Waals surface area contributed by atoms with E-state index in [-0.39, 0.29) is 18.9 Å². The third kappa shape index (κ3) is 5.38. The highest BCUT2D eigenvalue weighted by molar-refractivity contribution is 5.93. The highest BCUT2D eigenvalue weighted by Crippen LogP contribution is 2.41. The molecule has 0 radical (unpaired) electrons. The first kappa shape index (κ1) is 24.5. The van der Waals surface area contributed by atoms with Crippen molar-refractivity contribution in [2.45, 2.75) is 18.4 Å². The molecular weight excluding hydrogens is 454 g/mol. The first-order chi connectivity index (χ1) is 17.5. The van der Waals surface area contributed by atoms with Gasteiger partial charge >= 0.3 is 0 Å². The Kier molecular flexibility index (Phi) is 7.65. The minimum atomic E-state index is -1.35. The van der Waals surface area contributed by atoms with Gasteiger partial charge in [0.15, 0.2) is 0 Å². The van der Waals surface area contributed by atoms with Crippen LogP contribution in [0, 0.1) is 0 Å². The molecular formula is C28H28N5O3-. The molecule has 4 rings (SSSR count). The third-order valence-electron chi connectivity index (χ3n) is 5.99. The van der Waals surface area contributed by atoms with Crippen LogP contribution in [0.3, 0.4) is 0 Å². The van der Waals surface area contributed by atoms with E-state index >= 15 is 0 Å². The molecule has 0 saturated carbocycles. The Morgan fingerprint density at radius 3 is 1.83 bits per heavy atom. The summed E-state index contributed by atoms with van der Waals surface area (Å²) in [5.41, 5.74) is 2.82. The van der Waals surface area contributed by atoms with E-state index < -0.39 is 11.6 Å². The lowest BCUT2D eigenvalue weighted by atomic mass is 9.77. The smallest absolute Gasteiger partial charge is 0.224 e. The summed E-state index contributed by atoms with van der Waals surface area (Å²) in [7, 11) is 1.81. The number of nitrogens with zero attached hydrogens (tertiary/aromatic N) is 2. The summed E-state index contributed by atoms with van der Waals surface area (Å²) >= 11 is 0. The number of rotatable bonds is 10. The van der Waals surface area contributed by atoms with Crippen molar-refractivity contribution in [1.29, 1.82) is 0 Å². The zero-order chi connectivity index (χ0) is 25.4. The van der Waals surface area contributed by atoms with Gasteiger partial charge in [0, 0.05) is 20.0 Å². The number of carboxylic acid groups (broad SMARTS) is 1. The van der Waals surface area contributed by atoms with E-state index in [0.717, 1.165) is 16.7 Å². The number of nitrogens with one attached hydrogen (secondary N) is 3. The quantitative estimate of drug-likeness (QED) is 0.237. The summed E-state index contributed by atoms with van der Waals surface area (Å²) in [6.45, 7) is 0.146. The Bertz CT molecular complexity index is 1190. The van der Waals surface area contributed by atoms with E-state index in [0.29, 0.717) is 17.9 Å². The fourth-order valence-corrected chi connectivity index (χ4v) is 4.29. The SMILES string of the molecule is Cn1ncc(NC(=O)CCCNC(=O)[O-])c1NC(c1ccccc1)(c1ccccc1)c1ccccc1. The van der Waals surface area contributed by atoms with E-state index in [1.165, 1.54) is 0 Å². The molecule has 3 aromatic carbocycles. The van der Waals surface area contributed by atoms with E-state index in [2.05, 4.69) is 57.4 Å². The molecule has 0 bridgehead atoms. The Morgan fingerprint density at radius 1 is 0.861 bits per heavy atom. The summed E-state index contributed by atoms with van der Waals surface area (Å²) in [4.78, 5) is 23.2. The van der Waals surface area contributed by atoms with E-state index in [1.807, 2.05) is 61.6 Å². The summed E-state index contributed by atoms with van der Waals surface area (Å²) in [6.07, 6.45) is 0.750. The van der Waals surface area contributed by atoms with Gasteiger partial charge in [0.05, 0.1) is 6.20 Å². The van der Waals surface area contributed by atoms with Crippen LogP contribution in [-0.2, 0) is 17.4 Å². The van der Waals surface area contributed by atoms with Crippen molar-refractivity contribution in [1.82, 2.24) is 15.1 Å². The van der Waals surface area contributed by atoms with Crippen molar-refractivity contribution < 1.29 is 14.7 Å². The Balaban J connectivity index is 1.74. The van der Waals surface area contributed by atoms with Crippen molar-refractivity contribution in [2.75, 3.05) is 17.2 Å². The Labute approximate surface area is 210 Å². The second kappa shape index (κ2) is 11.2. The number of hydrogen-bond acceptors (Lipinski definition) is 5. The van der Waals surface area contributed by atoms with Crippen LogP contribution in [0.25, 0.3) is 0 Å². The maximum Gasteiger partial charge on any atom is 0.224 e. The standard InChI is InChI=1S/C28H29N5O3/c1-33-26(24(20-30-33)31-25(34)18-11-19-29-27(35)36)32-28(21-12-5-2-6-13-21,22-14-7-3-8-15-22)23-16-9-4-10-17-23/h2-10,12-17,20,29,32H,11,18-19H2,1H3,(H,31,34)(H,35,36)/p-1. The molecule has 0 saturated heterocycles. The zero-order valence-corrected chi connectivity index (χ0v) is 20.0. The molecule has 3 N–H and O–H groups in total. The molecule has 0 unspecified atom stereocenters. The third-order valence-corrected chi connectivity index (χ3v) is 5.99. The zero-order valence-electron chi connectivity index (χ0n) is 20.0. The van der Waals surface area contributed by atoms with Crippen LogP contribution >= 0.6 is 0 Å². The van der Waals surface area contributed by atoms with Crippen molar-refractivity contribution in [3.8, 4) is 0 Å². The van der Waals surface area contributed by atoms with Gasteiger partial charge in [-0.2, -0.15) is 5.10 Å². The van der Waals surface area contributed by atoms with Crippen molar-refractivity contribution in [3.63, 3.8) is 0 Å². The molecule has 8 nitrogen and oxygen atoms in total. The second-order valence-corrected chi connectivity index (χ2v) is 8.37. The van der Waals surface area contributed by atoms with Crippen LogP contribution in [-0.4, -0.2) is 28.3 Å². The highest BCUT2D eigenvalue weighted by Gasteiger charge is 2.37. The number of amides is 2. The Hall–Kier alpha value is -4.59. The number of hydrogen-bond donors (Lipinski definition) is 3. The lowest BCUT2D eigenvalue weighted by Crippen LogP contribution is -2.39. The van der Waals surface area contributed by atoms with E-state index in [9.17, 15) is 14.7 Å². The normalized spacial score (nSPS) is 11.0. The van der Waals surface area contributed by atoms with Crippen LogP contribution in [0.1, 0.15) is 29.5 Å². The minimum absolute atomic E-state index is 0.146. The average molecular weight is 483 g/mol. The number of aromatic nitrogens is 2. The maximum absolute atomic E-state index is 12.6. The fraction of sp³-hybridized carbons (Fsp3) is 0.179. The average Bonchev–Trinajstić information content (AvgIpc) is 3.24. The molecule has 2 amide bonds. The number of carbonyl (C=O) groups is 2. The van der Waals surface area contributed by atoms with Gasteiger partial charge in [-0.1, -0.05) is 91.0 Å². The predicted molar refractivity (Wildman–Crippen MR) is 137 cm³/mol. The van der Waals surface area contributed by atoms with Gasteiger partial charge in [-0.15, -0.1) is 0 Å². The molecule has 0 fully saturated rings. The van der Waals surface area contributed by atoms with Crippen LogP contribution in [0.5, 0.6) is 0 Å². The van der Waals surface area contributed by atoms with Gasteiger partial charge in [-0.05, 0) is 23.1 Å². The van der Waals surface area contributed by atoms with Crippen molar-refractivity contribution in [2.24, 2.45) is 7.05 Å². The molecule has 1 heterocycles.